The summed E-state index contributed by atoms with van der Waals surface area (Å²) in [6, 6.07) is 5.17. The first kappa shape index (κ1) is 13.6. The largest absolute Gasteiger partial charge is 0.345 e. The van der Waals surface area contributed by atoms with Crippen molar-refractivity contribution in [3.05, 3.63) is 24.5 Å². The molecule has 1 aliphatic heterocycles. The summed E-state index contributed by atoms with van der Waals surface area (Å²) in [5, 5.41) is 2.90. The second-order valence-electron chi connectivity index (χ2n) is 5.21. The Kier molecular flexibility index (Phi) is 3.60. The maximum Gasteiger partial charge on any atom is 0.247 e. The first-order chi connectivity index (χ1) is 10.2. The van der Waals surface area contributed by atoms with Crippen LogP contribution in [0.1, 0.15) is 26.2 Å². The Balaban J connectivity index is 1.81. The molecule has 0 radical (unpaired) electrons. The van der Waals surface area contributed by atoms with Gasteiger partial charge < -0.3 is 15.2 Å². The molecule has 0 bridgehead atoms. The van der Waals surface area contributed by atoms with Crippen molar-refractivity contribution in [3.63, 3.8) is 0 Å². The van der Waals surface area contributed by atoms with Crippen LogP contribution >= 0.6 is 0 Å². The van der Waals surface area contributed by atoms with Crippen molar-refractivity contribution >= 4 is 28.5 Å². The molecule has 1 aromatic heterocycles. The maximum atomic E-state index is 12.5. The van der Waals surface area contributed by atoms with Crippen LogP contribution in [0.4, 0.5) is 5.69 Å². The molecule has 1 saturated heterocycles. The van der Waals surface area contributed by atoms with E-state index < -0.39 is 6.04 Å². The van der Waals surface area contributed by atoms with E-state index in [1.165, 1.54) is 0 Å². The number of likely N-dealkylation sites (tertiary alicyclic amines) is 1. The Labute approximate surface area is 122 Å². The van der Waals surface area contributed by atoms with Crippen LogP contribution in [0.15, 0.2) is 24.5 Å². The smallest absolute Gasteiger partial charge is 0.247 e. The number of amides is 2. The predicted molar refractivity (Wildman–Crippen MR) is 79.7 cm³/mol. The van der Waals surface area contributed by atoms with Gasteiger partial charge in [-0.15, -0.1) is 0 Å². The van der Waals surface area contributed by atoms with Gasteiger partial charge in [0, 0.05) is 13.0 Å². The minimum absolute atomic E-state index is 0.0648. The van der Waals surface area contributed by atoms with Crippen LogP contribution < -0.4 is 5.32 Å². The minimum Gasteiger partial charge on any atom is -0.345 e. The van der Waals surface area contributed by atoms with E-state index in [0.717, 1.165) is 17.5 Å². The Hall–Kier alpha value is -2.37. The van der Waals surface area contributed by atoms with Crippen LogP contribution in [0.25, 0.3) is 11.0 Å². The fourth-order valence-electron chi connectivity index (χ4n) is 2.83. The Morgan fingerprint density at radius 2 is 2.38 bits per heavy atom. The number of nitrogens with zero attached hydrogens (tertiary/aromatic N) is 2. The van der Waals surface area contributed by atoms with Crippen molar-refractivity contribution in [1.82, 2.24) is 14.9 Å². The molecule has 2 heterocycles. The fourth-order valence-corrected chi connectivity index (χ4v) is 2.83. The summed E-state index contributed by atoms with van der Waals surface area (Å²) in [4.78, 5) is 33.2. The van der Waals surface area contributed by atoms with Gasteiger partial charge >= 0.3 is 0 Å². The number of fused-ring (bicyclic) bond motifs is 1. The highest BCUT2D eigenvalue weighted by Gasteiger charge is 2.31. The molecule has 2 N–H and O–H groups in total. The van der Waals surface area contributed by atoms with Crippen molar-refractivity contribution in [1.29, 1.82) is 0 Å². The van der Waals surface area contributed by atoms with E-state index in [9.17, 15) is 9.59 Å². The number of rotatable bonds is 4. The molecule has 0 saturated carbocycles. The number of H-pyrrole nitrogens is 1. The molecule has 1 atom stereocenters. The van der Waals surface area contributed by atoms with Crippen LogP contribution in [0, 0.1) is 0 Å². The first-order valence-corrected chi connectivity index (χ1v) is 7.23. The third-order valence-corrected chi connectivity index (χ3v) is 3.88. The van der Waals surface area contributed by atoms with Gasteiger partial charge in [-0.3, -0.25) is 9.59 Å². The quantitative estimate of drug-likeness (QED) is 0.901. The highest BCUT2D eigenvalue weighted by atomic mass is 16.2. The molecule has 0 spiro atoms. The van der Waals surface area contributed by atoms with Gasteiger partial charge in [-0.25, -0.2) is 4.98 Å². The summed E-state index contributed by atoms with van der Waals surface area (Å²) in [5.41, 5.74) is 2.27. The van der Waals surface area contributed by atoms with Crippen LogP contribution in [0.5, 0.6) is 0 Å². The third-order valence-electron chi connectivity index (χ3n) is 3.88. The van der Waals surface area contributed by atoms with E-state index >= 15 is 0 Å². The maximum absolute atomic E-state index is 12.5. The number of hydrogen-bond acceptors (Lipinski definition) is 3. The first-order valence-electron chi connectivity index (χ1n) is 7.23. The SMILES string of the molecule is CCC(C(=O)Nc1cccc2[nH]cnc12)N1CCCC1=O. The Morgan fingerprint density at radius 3 is 3.10 bits per heavy atom. The molecule has 3 rings (SSSR count). The summed E-state index contributed by atoms with van der Waals surface area (Å²) in [5.74, 6) is -0.0850. The molecule has 21 heavy (non-hydrogen) atoms. The van der Waals surface area contributed by atoms with E-state index in [4.69, 9.17) is 0 Å². The molecule has 1 aromatic carbocycles. The monoisotopic (exact) mass is 286 g/mol. The molecule has 2 amide bonds. The summed E-state index contributed by atoms with van der Waals surface area (Å²) >= 11 is 0. The van der Waals surface area contributed by atoms with Gasteiger partial charge in [0.15, 0.2) is 0 Å². The van der Waals surface area contributed by atoms with Gasteiger partial charge in [0.1, 0.15) is 11.6 Å². The average Bonchev–Trinajstić information content (AvgIpc) is 3.10. The van der Waals surface area contributed by atoms with Gasteiger partial charge in [0.25, 0.3) is 0 Å². The molecule has 6 heteroatoms. The molecule has 1 aliphatic rings. The zero-order valence-corrected chi connectivity index (χ0v) is 11.9. The van der Waals surface area contributed by atoms with E-state index in [2.05, 4.69) is 15.3 Å². The summed E-state index contributed by atoms with van der Waals surface area (Å²) in [7, 11) is 0. The van der Waals surface area contributed by atoms with E-state index in [0.29, 0.717) is 25.1 Å². The number of carbonyl (C=O) groups excluding carboxylic acids is 2. The molecule has 1 unspecified atom stereocenters. The van der Waals surface area contributed by atoms with Gasteiger partial charge in [-0.1, -0.05) is 13.0 Å². The van der Waals surface area contributed by atoms with Crippen molar-refractivity contribution in [3.8, 4) is 0 Å². The van der Waals surface area contributed by atoms with E-state index in [1.807, 2.05) is 25.1 Å². The number of imidazole rings is 1. The van der Waals surface area contributed by atoms with E-state index in [-0.39, 0.29) is 11.8 Å². The molecular weight excluding hydrogens is 268 g/mol. The number of nitrogens with one attached hydrogen (secondary N) is 2. The van der Waals surface area contributed by atoms with Crippen LogP contribution in [0.2, 0.25) is 0 Å². The van der Waals surface area contributed by atoms with Crippen molar-refractivity contribution in [2.45, 2.75) is 32.2 Å². The molecular formula is C15H18N4O2. The van der Waals surface area contributed by atoms with Crippen molar-refractivity contribution in [2.24, 2.45) is 0 Å². The van der Waals surface area contributed by atoms with Crippen LogP contribution in [-0.4, -0.2) is 39.3 Å². The standard InChI is InChI=1S/C15H18N4O2/c1-2-12(19-8-4-7-13(19)20)15(21)18-11-6-3-5-10-14(11)17-9-16-10/h3,5-6,9,12H,2,4,7-8H2,1H3,(H,16,17)(H,18,21). The highest BCUT2D eigenvalue weighted by Crippen LogP contribution is 2.22. The number of aromatic amines is 1. The molecule has 0 aliphatic carbocycles. The zero-order valence-electron chi connectivity index (χ0n) is 11.9. The summed E-state index contributed by atoms with van der Waals surface area (Å²) in [6.07, 6.45) is 3.58. The lowest BCUT2D eigenvalue weighted by atomic mass is 10.1. The predicted octanol–water partition coefficient (Wildman–Crippen LogP) is 1.90. The second kappa shape index (κ2) is 5.55. The normalized spacial score (nSPS) is 16.4. The average molecular weight is 286 g/mol. The highest BCUT2D eigenvalue weighted by molar-refractivity contribution is 6.02. The lowest BCUT2D eigenvalue weighted by Gasteiger charge is -2.25. The number of hydrogen-bond donors (Lipinski definition) is 2. The molecule has 2 aromatic rings. The number of benzene rings is 1. The van der Waals surface area contributed by atoms with Crippen LogP contribution in [0.3, 0.4) is 0 Å². The van der Waals surface area contributed by atoms with Gasteiger partial charge in [0.2, 0.25) is 11.8 Å². The Bertz CT molecular complexity index is 679. The molecule has 110 valence electrons. The number of aromatic nitrogens is 2. The Morgan fingerprint density at radius 1 is 1.52 bits per heavy atom. The number of anilines is 1. The number of carbonyl (C=O) groups is 2. The number of para-hydroxylation sites is 1. The lowest BCUT2D eigenvalue weighted by molar-refractivity contribution is -0.135. The van der Waals surface area contributed by atoms with Gasteiger partial charge in [-0.2, -0.15) is 0 Å². The second-order valence-corrected chi connectivity index (χ2v) is 5.21. The minimum atomic E-state index is -0.408. The van der Waals surface area contributed by atoms with Gasteiger partial charge in [0.05, 0.1) is 17.5 Å². The van der Waals surface area contributed by atoms with Crippen LogP contribution in [-0.2, 0) is 9.59 Å². The molecule has 1 fully saturated rings. The van der Waals surface area contributed by atoms with Crippen molar-refractivity contribution in [2.75, 3.05) is 11.9 Å². The zero-order chi connectivity index (χ0) is 14.8. The topological polar surface area (TPSA) is 78.1 Å². The molecule has 6 nitrogen and oxygen atoms in total. The summed E-state index contributed by atoms with van der Waals surface area (Å²) in [6.45, 7) is 2.59. The fraction of sp³-hybridized carbons (Fsp3) is 0.400. The van der Waals surface area contributed by atoms with E-state index in [1.54, 1.807) is 11.2 Å². The summed E-state index contributed by atoms with van der Waals surface area (Å²) < 4.78 is 0. The van der Waals surface area contributed by atoms with Gasteiger partial charge in [-0.05, 0) is 25.0 Å². The lowest BCUT2D eigenvalue weighted by Crippen LogP contribution is -2.44. The third kappa shape index (κ3) is 2.49. The van der Waals surface area contributed by atoms with Crippen molar-refractivity contribution < 1.29 is 9.59 Å².